The van der Waals surface area contributed by atoms with Gasteiger partial charge in [-0.25, -0.2) is 0 Å². The number of nitrogens with zero attached hydrogens (tertiary/aromatic N) is 5. The third-order valence-electron chi connectivity index (χ3n) is 5.07. The highest BCUT2D eigenvalue weighted by Gasteiger charge is 2.30. The van der Waals surface area contributed by atoms with E-state index in [2.05, 4.69) is 44.2 Å². The van der Waals surface area contributed by atoms with Gasteiger partial charge in [-0.05, 0) is 45.0 Å². The van der Waals surface area contributed by atoms with Crippen LogP contribution in [0.25, 0.3) is 0 Å². The summed E-state index contributed by atoms with van der Waals surface area (Å²) in [6.45, 7) is 4.08. The van der Waals surface area contributed by atoms with Crippen molar-refractivity contribution < 1.29 is 4.42 Å². The van der Waals surface area contributed by atoms with Crippen molar-refractivity contribution in [3.05, 3.63) is 41.9 Å². The second-order valence-electron chi connectivity index (χ2n) is 7.04. The molecule has 1 aliphatic heterocycles. The highest BCUT2D eigenvalue weighted by Crippen LogP contribution is 2.39. The highest BCUT2D eigenvalue weighted by atomic mass is 16.4. The minimum atomic E-state index is 0.533. The van der Waals surface area contributed by atoms with Gasteiger partial charge in [0.05, 0.1) is 6.54 Å². The molecule has 2 fully saturated rings. The van der Waals surface area contributed by atoms with Crippen molar-refractivity contribution in [1.29, 1.82) is 0 Å². The quantitative estimate of drug-likeness (QED) is 0.776. The molecule has 0 radical (unpaired) electrons. The largest absolute Gasteiger partial charge is 0.424 e. The first-order chi connectivity index (χ1) is 11.8. The molecule has 0 N–H and O–H groups in total. The van der Waals surface area contributed by atoms with Gasteiger partial charge in [0.2, 0.25) is 11.8 Å². The molecule has 1 aliphatic carbocycles. The molecule has 6 heteroatoms. The second-order valence-corrected chi connectivity index (χ2v) is 7.04. The molecule has 0 spiro atoms. The number of aromatic nitrogens is 3. The Morgan fingerprint density at radius 2 is 2.17 bits per heavy atom. The average Bonchev–Trinajstić information content (AvgIpc) is 3.17. The first-order valence-corrected chi connectivity index (χ1v) is 8.93. The predicted molar refractivity (Wildman–Crippen MR) is 90.5 cm³/mol. The molecule has 6 nitrogen and oxygen atoms in total. The van der Waals surface area contributed by atoms with E-state index in [9.17, 15) is 0 Å². The molecule has 0 bridgehead atoms. The third-order valence-corrected chi connectivity index (χ3v) is 5.07. The van der Waals surface area contributed by atoms with E-state index in [1.165, 1.54) is 25.0 Å². The van der Waals surface area contributed by atoms with Gasteiger partial charge in [0.15, 0.2) is 0 Å². The van der Waals surface area contributed by atoms with Crippen molar-refractivity contribution in [1.82, 2.24) is 25.0 Å². The fourth-order valence-corrected chi connectivity index (χ4v) is 3.36. The lowest BCUT2D eigenvalue weighted by Crippen LogP contribution is -2.34. The van der Waals surface area contributed by atoms with Crippen molar-refractivity contribution >= 4 is 0 Å². The molecular formula is C18H25N5O. The zero-order valence-corrected chi connectivity index (χ0v) is 14.3. The van der Waals surface area contributed by atoms with E-state index in [1.54, 1.807) is 0 Å². The summed E-state index contributed by atoms with van der Waals surface area (Å²) in [5, 5.41) is 8.38. The molecule has 0 aromatic carbocycles. The van der Waals surface area contributed by atoms with Crippen molar-refractivity contribution in [3.8, 4) is 0 Å². The summed E-state index contributed by atoms with van der Waals surface area (Å²) < 4.78 is 5.78. The average molecular weight is 327 g/mol. The van der Waals surface area contributed by atoms with Crippen molar-refractivity contribution in [3.63, 3.8) is 0 Å². The van der Waals surface area contributed by atoms with E-state index >= 15 is 0 Å². The van der Waals surface area contributed by atoms with E-state index in [-0.39, 0.29) is 0 Å². The Bertz CT molecular complexity index is 654. The SMILES string of the molecule is CN(Cc1nnc(C2CC2)o1)C1CCN(CCc2ccccn2)C1. The summed E-state index contributed by atoms with van der Waals surface area (Å²) in [6, 6.07) is 6.69. The number of likely N-dealkylation sites (N-methyl/N-ethyl adjacent to an activating group) is 1. The van der Waals surface area contributed by atoms with Crippen LogP contribution in [0.15, 0.2) is 28.8 Å². The predicted octanol–water partition coefficient (Wildman–Crippen LogP) is 2.09. The van der Waals surface area contributed by atoms with E-state index in [0.717, 1.165) is 44.4 Å². The Morgan fingerprint density at radius 3 is 2.96 bits per heavy atom. The summed E-state index contributed by atoms with van der Waals surface area (Å²) in [5.41, 5.74) is 1.17. The number of hydrogen-bond acceptors (Lipinski definition) is 6. The molecule has 3 heterocycles. The lowest BCUT2D eigenvalue weighted by Gasteiger charge is -2.23. The minimum Gasteiger partial charge on any atom is -0.424 e. The van der Waals surface area contributed by atoms with E-state index in [4.69, 9.17) is 4.42 Å². The molecule has 1 saturated carbocycles. The molecule has 2 aromatic heterocycles. The minimum absolute atomic E-state index is 0.533. The third kappa shape index (κ3) is 3.82. The molecule has 1 unspecified atom stereocenters. The fraction of sp³-hybridized carbons (Fsp3) is 0.611. The molecule has 1 saturated heterocycles. The lowest BCUT2D eigenvalue weighted by atomic mass is 10.2. The van der Waals surface area contributed by atoms with Crippen LogP contribution in [-0.2, 0) is 13.0 Å². The van der Waals surface area contributed by atoms with Crippen LogP contribution < -0.4 is 0 Å². The standard InChI is InChI=1S/C18H25N5O/c1-22(13-17-20-21-18(24-17)14-5-6-14)16-8-11-23(12-16)10-7-15-4-2-3-9-19-15/h2-4,9,14,16H,5-8,10-13H2,1H3. The van der Waals surface area contributed by atoms with Crippen LogP contribution in [-0.4, -0.2) is 57.7 Å². The number of rotatable bonds is 7. The monoisotopic (exact) mass is 327 g/mol. The Labute approximate surface area is 142 Å². The number of hydrogen-bond donors (Lipinski definition) is 0. The van der Waals surface area contributed by atoms with Crippen LogP contribution >= 0.6 is 0 Å². The second kappa shape index (κ2) is 6.99. The van der Waals surface area contributed by atoms with Gasteiger partial charge in [-0.15, -0.1) is 10.2 Å². The molecule has 24 heavy (non-hydrogen) atoms. The smallest absolute Gasteiger partial charge is 0.230 e. The van der Waals surface area contributed by atoms with Crippen LogP contribution in [0.1, 0.15) is 42.7 Å². The van der Waals surface area contributed by atoms with E-state index in [1.807, 2.05) is 12.3 Å². The van der Waals surface area contributed by atoms with Gasteiger partial charge in [-0.3, -0.25) is 9.88 Å². The molecule has 128 valence electrons. The Kier molecular flexibility index (Phi) is 4.58. The van der Waals surface area contributed by atoms with Crippen molar-refractivity contribution in [2.75, 3.05) is 26.7 Å². The summed E-state index contributed by atoms with van der Waals surface area (Å²) in [5.74, 6) is 2.12. The van der Waals surface area contributed by atoms with Crippen molar-refractivity contribution in [2.45, 2.75) is 44.2 Å². The van der Waals surface area contributed by atoms with Gasteiger partial charge in [0.1, 0.15) is 0 Å². The molecular weight excluding hydrogens is 302 g/mol. The summed E-state index contributed by atoms with van der Waals surface area (Å²) in [7, 11) is 2.16. The Balaban J connectivity index is 1.24. The Hall–Kier alpha value is -1.79. The topological polar surface area (TPSA) is 58.3 Å². The van der Waals surface area contributed by atoms with E-state index in [0.29, 0.717) is 12.0 Å². The van der Waals surface area contributed by atoms with Crippen LogP contribution in [0, 0.1) is 0 Å². The van der Waals surface area contributed by atoms with Gasteiger partial charge >= 0.3 is 0 Å². The zero-order chi connectivity index (χ0) is 16.4. The van der Waals surface area contributed by atoms with Gasteiger partial charge in [0.25, 0.3) is 0 Å². The maximum Gasteiger partial charge on any atom is 0.230 e. The molecule has 2 aliphatic rings. The van der Waals surface area contributed by atoms with Crippen molar-refractivity contribution in [2.24, 2.45) is 0 Å². The van der Waals surface area contributed by atoms with E-state index < -0.39 is 0 Å². The maximum absolute atomic E-state index is 5.78. The molecule has 4 rings (SSSR count). The molecule has 2 aromatic rings. The normalized spacial score (nSPS) is 21.7. The first kappa shape index (κ1) is 15.7. The van der Waals surface area contributed by atoms with Gasteiger partial charge in [-0.1, -0.05) is 6.07 Å². The Morgan fingerprint density at radius 1 is 1.25 bits per heavy atom. The highest BCUT2D eigenvalue weighted by molar-refractivity contribution is 5.04. The number of likely N-dealkylation sites (tertiary alicyclic amines) is 1. The summed E-state index contributed by atoms with van der Waals surface area (Å²) >= 11 is 0. The van der Waals surface area contributed by atoms with Crippen LogP contribution in [0.2, 0.25) is 0 Å². The zero-order valence-electron chi connectivity index (χ0n) is 14.3. The summed E-state index contributed by atoms with van der Waals surface area (Å²) in [4.78, 5) is 9.29. The van der Waals surface area contributed by atoms with Crippen LogP contribution in [0.5, 0.6) is 0 Å². The van der Waals surface area contributed by atoms with Gasteiger partial charge < -0.3 is 9.32 Å². The molecule has 0 amide bonds. The van der Waals surface area contributed by atoms with Gasteiger partial charge in [-0.2, -0.15) is 0 Å². The maximum atomic E-state index is 5.78. The van der Waals surface area contributed by atoms with Gasteiger partial charge in [0, 0.05) is 43.4 Å². The number of pyridine rings is 1. The fourth-order valence-electron chi connectivity index (χ4n) is 3.36. The van der Waals surface area contributed by atoms with Crippen LogP contribution in [0.3, 0.4) is 0 Å². The first-order valence-electron chi connectivity index (χ1n) is 8.93. The lowest BCUT2D eigenvalue weighted by molar-refractivity contribution is 0.206. The van der Waals surface area contributed by atoms with Crippen LogP contribution in [0.4, 0.5) is 0 Å². The summed E-state index contributed by atoms with van der Waals surface area (Å²) in [6.07, 6.45) is 6.49. The molecule has 1 atom stereocenters.